The van der Waals surface area contributed by atoms with Crippen molar-refractivity contribution in [1.82, 2.24) is 0 Å². The van der Waals surface area contributed by atoms with Crippen LogP contribution in [-0.2, 0) is 0 Å². The van der Waals surface area contributed by atoms with Gasteiger partial charge in [-0.3, -0.25) is 4.99 Å². The van der Waals surface area contributed by atoms with Gasteiger partial charge in [0.2, 0.25) is 0 Å². The Labute approximate surface area is 104 Å². The van der Waals surface area contributed by atoms with Gasteiger partial charge in [0, 0.05) is 18.3 Å². The third kappa shape index (κ3) is 4.59. The summed E-state index contributed by atoms with van der Waals surface area (Å²) in [5, 5.41) is 9.87. The largest absolute Gasteiger partial charge is 0.507 e. The minimum absolute atomic E-state index is 0.355. The van der Waals surface area contributed by atoms with Gasteiger partial charge in [-0.1, -0.05) is 32.3 Å². The quantitative estimate of drug-likeness (QED) is 0.584. The van der Waals surface area contributed by atoms with E-state index in [1.54, 1.807) is 6.21 Å². The molecule has 1 aromatic rings. The molecule has 0 saturated carbocycles. The van der Waals surface area contributed by atoms with Gasteiger partial charge in [-0.25, -0.2) is 0 Å². The van der Waals surface area contributed by atoms with Crippen LogP contribution in [0.1, 0.15) is 49.3 Å². The second-order valence-corrected chi connectivity index (χ2v) is 4.62. The number of nitrogens with zero attached hydrogens (tertiary/aromatic N) is 1. The standard InChI is InChI=1S/C15H23NO/c1-4-5-6-7-8-16-11-14-10-12(2)9-13(3)15(14)17/h9-11,17H,4-8H2,1-3H3. The zero-order valence-electron chi connectivity index (χ0n) is 11.2. The molecule has 0 saturated heterocycles. The third-order valence-corrected chi connectivity index (χ3v) is 2.85. The number of benzene rings is 1. The maximum Gasteiger partial charge on any atom is 0.127 e. The van der Waals surface area contributed by atoms with E-state index in [4.69, 9.17) is 0 Å². The molecule has 0 fully saturated rings. The molecular formula is C15H23NO. The predicted molar refractivity (Wildman–Crippen MR) is 74.2 cm³/mol. The van der Waals surface area contributed by atoms with Crippen LogP contribution in [0.5, 0.6) is 5.75 Å². The molecule has 17 heavy (non-hydrogen) atoms. The average molecular weight is 233 g/mol. The van der Waals surface area contributed by atoms with Crippen molar-refractivity contribution in [3.05, 3.63) is 28.8 Å². The number of phenolic OH excluding ortho intramolecular Hbond substituents is 1. The van der Waals surface area contributed by atoms with E-state index >= 15 is 0 Å². The molecule has 0 aliphatic carbocycles. The highest BCUT2D eigenvalue weighted by molar-refractivity contribution is 5.84. The molecule has 2 heteroatoms. The minimum atomic E-state index is 0.355. The lowest BCUT2D eigenvalue weighted by Crippen LogP contribution is -1.90. The van der Waals surface area contributed by atoms with Crippen molar-refractivity contribution in [3.8, 4) is 5.75 Å². The van der Waals surface area contributed by atoms with E-state index in [2.05, 4.69) is 11.9 Å². The zero-order chi connectivity index (χ0) is 12.7. The van der Waals surface area contributed by atoms with Crippen LogP contribution in [-0.4, -0.2) is 17.9 Å². The highest BCUT2D eigenvalue weighted by Gasteiger charge is 2.02. The molecule has 1 rings (SSSR count). The Morgan fingerprint density at radius 3 is 2.65 bits per heavy atom. The molecule has 0 aliphatic heterocycles. The number of aromatic hydroxyl groups is 1. The van der Waals surface area contributed by atoms with Crippen molar-refractivity contribution in [3.63, 3.8) is 0 Å². The molecular weight excluding hydrogens is 210 g/mol. The summed E-state index contributed by atoms with van der Waals surface area (Å²) in [6, 6.07) is 3.95. The number of aryl methyl sites for hydroxylation is 2. The van der Waals surface area contributed by atoms with Crippen LogP contribution in [0.3, 0.4) is 0 Å². The number of unbranched alkanes of at least 4 members (excludes halogenated alkanes) is 3. The van der Waals surface area contributed by atoms with Crippen molar-refractivity contribution in [2.45, 2.75) is 46.5 Å². The van der Waals surface area contributed by atoms with E-state index < -0.39 is 0 Å². The molecule has 1 aromatic carbocycles. The third-order valence-electron chi connectivity index (χ3n) is 2.85. The van der Waals surface area contributed by atoms with Gasteiger partial charge < -0.3 is 5.11 Å². The van der Waals surface area contributed by atoms with Gasteiger partial charge >= 0.3 is 0 Å². The van der Waals surface area contributed by atoms with Crippen LogP contribution in [0.4, 0.5) is 0 Å². The fourth-order valence-electron chi connectivity index (χ4n) is 1.88. The monoisotopic (exact) mass is 233 g/mol. The Balaban J connectivity index is 2.53. The van der Waals surface area contributed by atoms with Crippen molar-refractivity contribution < 1.29 is 5.11 Å². The van der Waals surface area contributed by atoms with Crippen LogP contribution < -0.4 is 0 Å². The van der Waals surface area contributed by atoms with Crippen molar-refractivity contribution in [2.75, 3.05) is 6.54 Å². The first-order valence-electron chi connectivity index (χ1n) is 6.45. The maximum atomic E-state index is 9.87. The minimum Gasteiger partial charge on any atom is -0.507 e. The zero-order valence-corrected chi connectivity index (χ0v) is 11.2. The molecule has 0 bridgehead atoms. The molecule has 0 atom stereocenters. The van der Waals surface area contributed by atoms with E-state index in [1.165, 1.54) is 19.3 Å². The molecule has 0 aliphatic rings. The van der Waals surface area contributed by atoms with Gasteiger partial charge in [0.15, 0.2) is 0 Å². The van der Waals surface area contributed by atoms with Gasteiger partial charge in [0.05, 0.1) is 0 Å². The molecule has 0 heterocycles. The van der Waals surface area contributed by atoms with Crippen molar-refractivity contribution >= 4 is 6.21 Å². The Bertz CT molecular complexity index is 383. The second kappa shape index (κ2) is 7.10. The number of rotatable bonds is 6. The van der Waals surface area contributed by atoms with Gasteiger partial charge in [0.25, 0.3) is 0 Å². The summed E-state index contributed by atoms with van der Waals surface area (Å²) in [4.78, 5) is 4.37. The lowest BCUT2D eigenvalue weighted by atomic mass is 10.1. The first-order valence-corrected chi connectivity index (χ1v) is 6.45. The molecule has 94 valence electrons. The smallest absolute Gasteiger partial charge is 0.127 e. The lowest BCUT2D eigenvalue weighted by molar-refractivity contribution is 0.470. The predicted octanol–water partition coefficient (Wildman–Crippen LogP) is 4.01. The normalized spacial score (nSPS) is 11.2. The molecule has 0 aromatic heterocycles. The summed E-state index contributed by atoms with van der Waals surface area (Å²) in [7, 11) is 0. The number of phenols is 1. The van der Waals surface area contributed by atoms with E-state index in [0.29, 0.717) is 5.75 Å². The summed E-state index contributed by atoms with van der Waals surface area (Å²) in [5.41, 5.74) is 2.91. The molecule has 1 N–H and O–H groups in total. The topological polar surface area (TPSA) is 32.6 Å². The van der Waals surface area contributed by atoms with E-state index in [-0.39, 0.29) is 0 Å². The van der Waals surface area contributed by atoms with E-state index in [0.717, 1.165) is 29.7 Å². The molecule has 0 radical (unpaired) electrons. The number of hydrogen-bond acceptors (Lipinski definition) is 2. The van der Waals surface area contributed by atoms with Gasteiger partial charge in [-0.15, -0.1) is 0 Å². The fourth-order valence-corrected chi connectivity index (χ4v) is 1.88. The van der Waals surface area contributed by atoms with Crippen LogP contribution in [0.2, 0.25) is 0 Å². The van der Waals surface area contributed by atoms with E-state index in [1.807, 2.05) is 26.0 Å². The molecule has 0 unspecified atom stereocenters. The van der Waals surface area contributed by atoms with Crippen LogP contribution in [0.25, 0.3) is 0 Å². The van der Waals surface area contributed by atoms with Crippen molar-refractivity contribution in [1.29, 1.82) is 0 Å². The number of aliphatic imine (C=N–C) groups is 1. The summed E-state index contributed by atoms with van der Waals surface area (Å²) in [6.45, 7) is 7.01. The summed E-state index contributed by atoms with van der Waals surface area (Å²) in [5.74, 6) is 0.355. The summed E-state index contributed by atoms with van der Waals surface area (Å²) < 4.78 is 0. The van der Waals surface area contributed by atoms with Gasteiger partial charge in [0.1, 0.15) is 5.75 Å². The second-order valence-electron chi connectivity index (χ2n) is 4.62. The Kier molecular flexibility index (Phi) is 5.75. The Hall–Kier alpha value is -1.31. The first kappa shape index (κ1) is 13.8. The summed E-state index contributed by atoms with van der Waals surface area (Å²) in [6.07, 6.45) is 6.70. The average Bonchev–Trinajstić information content (AvgIpc) is 2.29. The Morgan fingerprint density at radius 2 is 1.94 bits per heavy atom. The highest BCUT2D eigenvalue weighted by Crippen LogP contribution is 2.22. The van der Waals surface area contributed by atoms with Gasteiger partial charge in [-0.2, -0.15) is 0 Å². The highest BCUT2D eigenvalue weighted by atomic mass is 16.3. The van der Waals surface area contributed by atoms with Crippen molar-refractivity contribution in [2.24, 2.45) is 4.99 Å². The lowest BCUT2D eigenvalue weighted by Gasteiger charge is -2.04. The summed E-state index contributed by atoms with van der Waals surface area (Å²) >= 11 is 0. The SMILES string of the molecule is CCCCCCN=Cc1cc(C)cc(C)c1O. The fraction of sp³-hybridized carbons (Fsp3) is 0.533. The molecule has 2 nitrogen and oxygen atoms in total. The Morgan fingerprint density at radius 1 is 1.18 bits per heavy atom. The molecule has 0 spiro atoms. The van der Waals surface area contributed by atoms with Crippen LogP contribution in [0, 0.1) is 13.8 Å². The maximum absolute atomic E-state index is 9.87. The molecule has 0 amide bonds. The van der Waals surface area contributed by atoms with Gasteiger partial charge in [-0.05, 0) is 37.5 Å². The van der Waals surface area contributed by atoms with E-state index in [9.17, 15) is 5.11 Å². The first-order chi connectivity index (χ1) is 8.15. The van der Waals surface area contributed by atoms with Crippen LogP contribution in [0.15, 0.2) is 17.1 Å². The number of hydrogen-bond donors (Lipinski definition) is 1. The van der Waals surface area contributed by atoms with Crippen LogP contribution >= 0.6 is 0 Å².